The molecule has 1 aliphatic rings. The number of benzene rings is 1. The van der Waals surface area contributed by atoms with Crippen molar-refractivity contribution >= 4 is 16.9 Å². The first-order chi connectivity index (χ1) is 9.26. The molecule has 2 N–H and O–H groups in total. The van der Waals surface area contributed by atoms with Gasteiger partial charge in [-0.15, -0.1) is 0 Å². The van der Waals surface area contributed by atoms with Crippen molar-refractivity contribution in [2.75, 3.05) is 12.4 Å². The molecule has 1 saturated carbocycles. The van der Waals surface area contributed by atoms with Crippen molar-refractivity contribution in [2.45, 2.75) is 31.4 Å². The molecule has 1 aliphatic carbocycles. The third kappa shape index (κ3) is 2.46. The number of anilines is 1. The number of ether oxygens (including phenoxy) is 1. The van der Waals surface area contributed by atoms with E-state index in [1.54, 1.807) is 13.3 Å². The third-order valence-corrected chi connectivity index (χ3v) is 3.56. The summed E-state index contributed by atoms with van der Waals surface area (Å²) in [5, 5.41) is 13.1. The fourth-order valence-corrected chi connectivity index (χ4v) is 2.49. The average molecular weight is 259 g/mol. The Balaban J connectivity index is 1.85. The lowest BCUT2D eigenvalue weighted by Gasteiger charge is -2.16. The lowest BCUT2D eigenvalue weighted by molar-refractivity contribution is 0.171. The van der Waals surface area contributed by atoms with Crippen molar-refractivity contribution in [1.82, 2.24) is 9.97 Å². The predicted octanol–water partition coefficient (Wildman–Crippen LogP) is 1.96. The Bertz CT molecular complexity index is 588. The molecule has 1 aromatic heterocycles. The van der Waals surface area contributed by atoms with Gasteiger partial charge in [0, 0.05) is 6.07 Å². The zero-order chi connectivity index (χ0) is 13.2. The molecule has 0 aliphatic heterocycles. The summed E-state index contributed by atoms with van der Waals surface area (Å²) in [6, 6.07) is 5.70. The van der Waals surface area contributed by atoms with Gasteiger partial charge in [0.15, 0.2) is 0 Å². The van der Waals surface area contributed by atoms with Gasteiger partial charge in [0.05, 0.1) is 36.5 Å². The Morgan fingerprint density at radius 3 is 2.95 bits per heavy atom. The number of aliphatic hydroxyl groups excluding tert-OH is 1. The highest BCUT2D eigenvalue weighted by molar-refractivity contribution is 5.77. The zero-order valence-corrected chi connectivity index (χ0v) is 10.8. The number of hydrogen-bond donors (Lipinski definition) is 2. The molecule has 0 spiro atoms. The quantitative estimate of drug-likeness (QED) is 0.882. The highest BCUT2D eigenvalue weighted by Crippen LogP contribution is 2.23. The molecule has 0 amide bonds. The Morgan fingerprint density at radius 2 is 2.21 bits per heavy atom. The van der Waals surface area contributed by atoms with Crippen molar-refractivity contribution in [3.8, 4) is 5.75 Å². The second-order valence-corrected chi connectivity index (χ2v) is 4.86. The van der Waals surface area contributed by atoms with Crippen molar-refractivity contribution in [2.24, 2.45) is 0 Å². The molecular formula is C14H17N3O2. The van der Waals surface area contributed by atoms with Gasteiger partial charge in [-0.05, 0) is 31.4 Å². The van der Waals surface area contributed by atoms with Gasteiger partial charge in [0.2, 0.25) is 0 Å². The first-order valence-corrected chi connectivity index (χ1v) is 6.51. The van der Waals surface area contributed by atoms with E-state index in [0.29, 0.717) is 5.82 Å². The molecular weight excluding hydrogens is 242 g/mol. The maximum Gasteiger partial charge on any atom is 0.145 e. The normalized spacial score (nSPS) is 22.6. The predicted molar refractivity (Wildman–Crippen MR) is 73.4 cm³/mol. The monoisotopic (exact) mass is 259 g/mol. The number of methoxy groups -OCH3 is 1. The number of hydrogen-bond acceptors (Lipinski definition) is 5. The van der Waals surface area contributed by atoms with Crippen molar-refractivity contribution in [1.29, 1.82) is 0 Å². The lowest BCUT2D eigenvalue weighted by atomic mass is 10.2. The molecule has 3 rings (SSSR count). The molecule has 0 unspecified atom stereocenters. The van der Waals surface area contributed by atoms with Crippen LogP contribution in [0.4, 0.5) is 5.82 Å². The summed E-state index contributed by atoms with van der Waals surface area (Å²) < 4.78 is 5.16. The van der Waals surface area contributed by atoms with Crippen molar-refractivity contribution in [3.05, 3.63) is 24.4 Å². The van der Waals surface area contributed by atoms with Crippen LogP contribution in [-0.2, 0) is 0 Å². The van der Waals surface area contributed by atoms with Crippen molar-refractivity contribution < 1.29 is 9.84 Å². The van der Waals surface area contributed by atoms with Crippen LogP contribution in [-0.4, -0.2) is 34.3 Å². The second-order valence-electron chi connectivity index (χ2n) is 4.86. The molecule has 19 heavy (non-hydrogen) atoms. The van der Waals surface area contributed by atoms with Gasteiger partial charge >= 0.3 is 0 Å². The summed E-state index contributed by atoms with van der Waals surface area (Å²) in [6.45, 7) is 0. The smallest absolute Gasteiger partial charge is 0.145 e. The van der Waals surface area contributed by atoms with Gasteiger partial charge in [0.25, 0.3) is 0 Å². The number of nitrogens with one attached hydrogen (secondary N) is 1. The van der Waals surface area contributed by atoms with Crippen LogP contribution in [0.15, 0.2) is 24.4 Å². The van der Waals surface area contributed by atoms with E-state index < -0.39 is 0 Å². The first-order valence-electron chi connectivity index (χ1n) is 6.51. The highest BCUT2D eigenvalue weighted by atomic mass is 16.5. The summed E-state index contributed by atoms with van der Waals surface area (Å²) in [5.41, 5.74) is 1.62. The van der Waals surface area contributed by atoms with E-state index in [0.717, 1.165) is 36.0 Å². The van der Waals surface area contributed by atoms with Crippen LogP contribution < -0.4 is 10.1 Å². The Hall–Kier alpha value is -1.88. The third-order valence-electron chi connectivity index (χ3n) is 3.56. The van der Waals surface area contributed by atoms with E-state index in [1.807, 2.05) is 18.2 Å². The molecule has 0 saturated heterocycles. The highest BCUT2D eigenvalue weighted by Gasteiger charge is 2.25. The number of aromatic nitrogens is 2. The van der Waals surface area contributed by atoms with Gasteiger partial charge in [-0.2, -0.15) is 0 Å². The van der Waals surface area contributed by atoms with Crippen LogP contribution in [0.5, 0.6) is 5.75 Å². The molecule has 0 radical (unpaired) electrons. The molecule has 2 aromatic rings. The topological polar surface area (TPSA) is 67.3 Å². The molecule has 100 valence electrons. The minimum absolute atomic E-state index is 0.0880. The van der Waals surface area contributed by atoms with Gasteiger partial charge in [0.1, 0.15) is 11.6 Å². The van der Waals surface area contributed by atoms with E-state index in [4.69, 9.17) is 4.74 Å². The first kappa shape index (κ1) is 12.2. The number of fused-ring (bicyclic) bond motifs is 1. The Morgan fingerprint density at radius 1 is 1.32 bits per heavy atom. The summed E-state index contributed by atoms with van der Waals surface area (Å²) >= 11 is 0. The van der Waals surface area contributed by atoms with Gasteiger partial charge in [-0.1, -0.05) is 0 Å². The number of nitrogens with zero attached hydrogens (tertiary/aromatic N) is 2. The molecule has 5 heteroatoms. The Kier molecular flexibility index (Phi) is 3.21. The van der Waals surface area contributed by atoms with Crippen LogP contribution in [0.25, 0.3) is 11.0 Å². The van der Waals surface area contributed by atoms with E-state index in [2.05, 4.69) is 15.3 Å². The number of rotatable bonds is 3. The number of aliphatic hydroxyl groups is 1. The summed E-state index contributed by atoms with van der Waals surface area (Å²) in [5.74, 6) is 1.48. The van der Waals surface area contributed by atoms with E-state index >= 15 is 0 Å². The summed E-state index contributed by atoms with van der Waals surface area (Å²) in [6.07, 6.45) is 4.30. The maximum atomic E-state index is 9.80. The SMILES string of the molecule is COc1ccc2nc(N[C@H]3CCC[C@@H]3O)cnc2c1. The van der Waals surface area contributed by atoms with Crippen LogP contribution in [0.1, 0.15) is 19.3 Å². The van der Waals surface area contributed by atoms with Gasteiger partial charge in [-0.25, -0.2) is 4.98 Å². The molecule has 1 fully saturated rings. The molecule has 5 nitrogen and oxygen atoms in total. The van der Waals surface area contributed by atoms with E-state index in [-0.39, 0.29) is 12.1 Å². The van der Waals surface area contributed by atoms with Crippen molar-refractivity contribution in [3.63, 3.8) is 0 Å². The van der Waals surface area contributed by atoms with Crippen LogP contribution in [0, 0.1) is 0 Å². The summed E-state index contributed by atoms with van der Waals surface area (Å²) in [7, 11) is 1.63. The lowest BCUT2D eigenvalue weighted by Crippen LogP contribution is -2.28. The maximum absolute atomic E-state index is 9.80. The minimum atomic E-state index is -0.284. The molecule has 0 bridgehead atoms. The van der Waals surface area contributed by atoms with Gasteiger partial charge < -0.3 is 15.2 Å². The zero-order valence-electron chi connectivity index (χ0n) is 10.8. The van der Waals surface area contributed by atoms with Gasteiger partial charge in [-0.3, -0.25) is 4.98 Å². The largest absolute Gasteiger partial charge is 0.497 e. The van der Waals surface area contributed by atoms with Crippen LogP contribution >= 0.6 is 0 Å². The van der Waals surface area contributed by atoms with Crippen LogP contribution in [0.3, 0.4) is 0 Å². The van der Waals surface area contributed by atoms with E-state index in [1.165, 1.54) is 0 Å². The summed E-state index contributed by atoms with van der Waals surface area (Å²) in [4.78, 5) is 8.88. The Labute approximate surface area is 111 Å². The fraction of sp³-hybridized carbons (Fsp3) is 0.429. The minimum Gasteiger partial charge on any atom is -0.497 e. The molecule has 1 heterocycles. The van der Waals surface area contributed by atoms with Crippen LogP contribution in [0.2, 0.25) is 0 Å². The standard InChI is InChI=1S/C14H17N3O2/c1-19-9-5-6-10-12(7-9)15-8-14(16-10)17-11-3-2-4-13(11)18/h5-8,11,13,18H,2-4H2,1H3,(H,16,17)/t11-,13-/m0/s1. The molecule has 1 aromatic carbocycles. The molecule has 2 atom stereocenters. The second kappa shape index (κ2) is 5.01. The fourth-order valence-electron chi connectivity index (χ4n) is 2.49. The average Bonchev–Trinajstić information content (AvgIpc) is 2.84. The van der Waals surface area contributed by atoms with E-state index in [9.17, 15) is 5.11 Å².